The molecule has 0 saturated carbocycles. The SMILES string of the molecule is CCC(C)(C(O)c1cc(Cl)ccc1OC)N(C)C. The van der Waals surface area contributed by atoms with Gasteiger partial charge < -0.3 is 14.7 Å². The first-order valence-electron chi connectivity index (χ1n) is 6.05. The van der Waals surface area contributed by atoms with E-state index in [1.807, 2.05) is 25.9 Å². The molecule has 0 aliphatic heterocycles. The molecular weight excluding hydrogens is 250 g/mol. The molecule has 0 aliphatic rings. The van der Waals surface area contributed by atoms with Gasteiger partial charge in [0, 0.05) is 16.1 Å². The van der Waals surface area contributed by atoms with Crippen molar-refractivity contribution in [2.75, 3.05) is 21.2 Å². The lowest BCUT2D eigenvalue weighted by Gasteiger charge is -2.40. The monoisotopic (exact) mass is 271 g/mol. The van der Waals surface area contributed by atoms with Crippen LogP contribution in [0.1, 0.15) is 31.9 Å². The highest BCUT2D eigenvalue weighted by Crippen LogP contribution is 2.38. The molecule has 3 nitrogen and oxygen atoms in total. The highest BCUT2D eigenvalue weighted by molar-refractivity contribution is 6.30. The highest BCUT2D eigenvalue weighted by atomic mass is 35.5. The molecule has 1 aromatic rings. The second-order valence-electron chi connectivity index (χ2n) is 4.89. The van der Waals surface area contributed by atoms with Gasteiger partial charge in [0.05, 0.1) is 7.11 Å². The Morgan fingerprint density at radius 3 is 2.50 bits per heavy atom. The highest BCUT2D eigenvalue weighted by Gasteiger charge is 2.36. The minimum atomic E-state index is -0.661. The minimum Gasteiger partial charge on any atom is -0.496 e. The summed E-state index contributed by atoms with van der Waals surface area (Å²) in [4.78, 5) is 2.03. The third-order valence-electron chi connectivity index (χ3n) is 3.81. The standard InChI is InChI=1S/C14H22ClNO2/c1-6-14(2,16(3)4)13(17)11-9-10(15)7-8-12(11)18-5/h7-9,13,17H,6H2,1-5H3. The number of likely N-dealkylation sites (N-methyl/N-ethyl adjacent to an activating group) is 1. The number of nitrogens with zero attached hydrogens (tertiary/aromatic N) is 1. The van der Waals surface area contributed by atoms with Gasteiger partial charge in [-0.1, -0.05) is 18.5 Å². The third kappa shape index (κ3) is 2.79. The molecule has 0 saturated heterocycles. The fraction of sp³-hybridized carbons (Fsp3) is 0.571. The first-order valence-corrected chi connectivity index (χ1v) is 6.43. The molecule has 1 N–H and O–H groups in total. The maximum atomic E-state index is 10.7. The summed E-state index contributed by atoms with van der Waals surface area (Å²) in [5, 5.41) is 11.3. The first-order chi connectivity index (χ1) is 8.36. The molecular formula is C14H22ClNO2. The van der Waals surface area contributed by atoms with Gasteiger partial charge in [-0.2, -0.15) is 0 Å². The van der Waals surface area contributed by atoms with E-state index in [-0.39, 0.29) is 5.54 Å². The number of benzene rings is 1. The van der Waals surface area contributed by atoms with Crippen molar-refractivity contribution in [2.24, 2.45) is 0 Å². The van der Waals surface area contributed by atoms with E-state index in [2.05, 4.69) is 6.92 Å². The fourth-order valence-corrected chi connectivity index (χ4v) is 2.19. The van der Waals surface area contributed by atoms with Crippen LogP contribution in [0, 0.1) is 0 Å². The number of aliphatic hydroxyl groups is 1. The van der Waals surface area contributed by atoms with Crippen LogP contribution in [-0.2, 0) is 0 Å². The summed E-state index contributed by atoms with van der Waals surface area (Å²) in [6, 6.07) is 5.31. The Morgan fingerprint density at radius 2 is 2.06 bits per heavy atom. The third-order valence-corrected chi connectivity index (χ3v) is 4.05. The largest absolute Gasteiger partial charge is 0.496 e. The molecule has 0 amide bonds. The number of hydrogen-bond donors (Lipinski definition) is 1. The van der Waals surface area contributed by atoms with Crippen molar-refractivity contribution in [1.82, 2.24) is 4.90 Å². The van der Waals surface area contributed by atoms with Gasteiger partial charge in [-0.25, -0.2) is 0 Å². The Labute approximate surface area is 114 Å². The second-order valence-corrected chi connectivity index (χ2v) is 5.33. The Bertz CT molecular complexity index is 409. The summed E-state index contributed by atoms with van der Waals surface area (Å²) >= 11 is 6.01. The van der Waals surface area contributed by atoms with Crippen LogP contribution >= 0.6 is 11.6 Å². The second kappa shape index (κ2) is 5.91. The van der Waals surface area contributed by atoms with Crippen molar-refractivity contribution < 1.29 is 9.84 Å². The van der Waals surface area contributed by atoms with Crippen LogP contribution in [0.15, 0.2) is 18.2 Å². The van der Waals surface area contributed by atoms with E-state index in [1.165, 1.54) is 0 Å². The summed E-state index contributed by atoms with van der Waals surface area (Å²) in [5.74, 6) is 0.661. The zero-order valence-corrected chi connectivity index (χ0v) is 12.5. The minimum absolute atomic E-state index is 0.363. The van der Waals surface area contributed by atoms with Crippen LogP contribution in [0.4, 0.5) is 0 Å². The van der Waals surface area contributed by atoms with Crippen LogP contribution < -0.4 is 4.74 Å². The number of rotatable bonds is 5. The molecule has 2 atom stereocenters. The zero-order chi connectivity index (χ0) is 13.9. The number of halogens is 1. The maximum Gasteiger partial charge on any atom is 0.124 e. The van der Waals surface area contributed by atoms with E-state index in [0.29, 0.717) is 10.8 Å². The van der Waals surface area contributed by atoms with Gasteiger partial charge in [0.2, 0.25) is 0 Å². The molecule has 0 heterocycles. The molecule has 0 bridgehead atoms. The van der Waals surface area contributed by atoms with E-state index in [4.69, 9.17) is 16.3 Å². The molecule has 0 aliphatic carbocycles. The maximum absolute atomic E-state index is 10.7. The van der Waals surface area contributed by atoms with Crippen molar-refractivity contribution in [3.05, 3.63) is 28.8 Å². The number of methoxy groups -OCH3 is 1. The van der Waals surface area contributed by atoms with E-state index in [1.54, 1.807) is 25.3 Å². The fourth-order valence-electron chi connectivity index (χ4n) is 2.01. The van der Waals surface area contributed by atoms with Crippen LogP contribution in [0.25, 0.3) is 0 Å². The molecule has 2 unspecified atom stereocenters. The molecule has 0 aromatic heterocycles. The molecule has 102 valence electrons. The van der Waals surface area contributed by atoms with Crippen molar-refractivity contribution >= 4 is 11.6 Å². The Kier molecular flexibility index (Phi) is 5.02. The topological polar surface area (TPSA) is 32.7 Å². The number of ether oxygens (including phenoxy) is 1. The molecule has 0 fully saturated rings. The number of aliphatic hydroxyl groups excluding tert-OH is 1. The summed E-state index contributed by atoms with van der Waals surface area (Å²) in [7, 11) is 5.52. The zero-order valence-electron chi connectivity index (χ0n) is 11.7. The molecule has 0 spiro atoms. The van der Waals surface area contributed by atoms with Gasteiger partial charge in [-0.05, 0) is 45.6 Å². The summed E-state index contributed by atoms with van der Waals surface area (Å²) < 4.78 is 5.30. The predicted molar refractivity (Wildman–Crippen MR) is 75.3 cm³/mol. The summed E-state index contributed by atoms with van der Waals surface area (Å²) in [5.41, 5.74) is 0.362. The first kappa shape index (κ1) is 15.3. The van der Waals surface area contributed by atoms with Crippen LogP contribution in [-0.4, -0.2) is 36.8 Å². The summed E-state index contributed by atoms with van der Waals surface area (Å²) in [6.45, 7) is 4.08. The Balaban J connectivity index is 3.24. The predicted octanol–water partition coefficient (Wildman–Crippen LogP) is 3.11. The normalized spacial score (nSPS) is 16.4. The van der Waals surface area contributed by atoms with E-state index in [0.717, 1.165) is 12.0 Å². The average Bonchev–Trinajstić information content (AvgIpc) is 2.36. The van der Waals surface area contributed by atoms with Crippen molar-refractivity contribution in [2.45, 2.75) is 31.9 Å². The van der Waals surface area contributed by atoms with E-state index in [9.17, 15) is 5.11 Å². The summed E-state index contributed by atoms with van der Waals surface area (Å²) in [6.07, 6.45) is 0.155. The van der Waals surface area contributed by atoms with Gasteiger partial charge in [0.15, 0.2) is 0 Å². The Hall–Kier alpha value is -0.770. The van der Waals surface area contributed by atoms with Crippen LogP contribution in [0.5, 0.6) is 5.75 Å². The smallest absolute Gasteiger partial charge is 0.124 e. The van der Waals surface area contributed by atoms with Gasteiger partial charge in [0.1, 0.15) is 11.9 Å². The average molecular weight is 272 g/mol. The van der Waals surface area contributed by atoms with Gasteiger partial charge >= 0.3 is 0 Å². The van der Waals surface area contributed by atoms with Crippen molar-refractivity contribution in [1.29, 1.82) is 0 Å². The van der Waals surface area contributed by atoms with Gasteiger partial charge in [-0.3, -0.25) is 0 Å². The lowest BCUT2D eigenvalue weighted by Crippen LogP contribution is -2.46. The van der Waals surface area contributed by atoms with Gasteiger partial charge in [-0.15, -0.1) is 0 Å². The van der Waals surface area contributed by atoms with E-state index >= 15 is 0 Å². The van der Waals surface area contributed by atoms with E-state index < -0.39 is 6.10 Å². The molecule has 0 radical (unpaired) electrons. The molecule has 18 heavy (non-hydrogen) atoms. The van der Waals surface area contributed by atoms with Crippen molar-refractivity contribution in [3.63, 3.8) is 0 Å². The quantitative estimate of drug-likeness (QED) is 0.893. The molecule has 1 aromatic carbocycles. The van der Waals surface area contributed by atoms with Crippen LogP contribution in [0.3, 0.4) is 0 Å². The van der Waals surface area contributed by atoms with Crippen LogP contribution in [0.2, 0.25) is 5.02 Å². The molecule has 1 rings (SSSR count). The van der Waals surface area contributed by atoms with Gasteiger partial charge in [0.25, 0.3) is 0 Å². The Morgan fingerprint density at radius 1 is 1.44 bits per heavy atom. The van der Waals surface area contributed by atoms with Crippen molar-refractivity contribution in [3.8, 4) is 5.75 Å². The lowest BCUT2D eigenvalue weighted by molar-refractivity contribution is -0.000406. The lowest BCUT2D eigenvalue weighted by atomic mass is 9.85. The number of hydrogen-bond acceptors (Lipinski definition) is 3. The molecule has 4 heteroatoms.